The molecule has 0 atom stereocenters. The van der Waals surface area contributed by atoms with Gasteiger partial charge in [-0.15, -0.1) is 16.4 Å². The van der Waals surface area contributed by atoms with E-state index in [1.54, 1.807) is 0 Å². The van der Waals surface area contributed by atoms with Gasteiger partial charge in [0, 0.05) is 0 Å². The van der Waals surface area contributed by atoms with E-state index in [0.29, 0.717) is 0 Å². The number of hydrogen-bond donors (Lipinski definition) is 0. The average Bonchev–Trinajstić information content (AvgIpc) is 2.99. The van der Waals surface area contributed by atoms with Crippen LogP contribution in [0.15, 0.2) is 6.07 Å². The molecule has 0 N–H and O–H groups in total. The van der Waals surface area contributed by atoms with Crippen molar-refractivity contribution in [2.75, 3.05) is 0 Å². The highest BCUT2D eigenvalue weighted by atomic mass is 19.2. The lowest BCUT2D eigenvalue weighted by atomic mass is 9.12. The average molecular weight is 681 g/mol. The molecule has 0 saturated heterocycles. The summed E-state index contributed by atoms with van der Waals surface area (Å²) in [4.78, 5) is 0. The van der Waals surface area contributed by atoms with E-state index < -0.39 is 145 Å². The lowest BCUT2D eigenvalue weighted by Crippen LogP contribution is -2.80. The van der Waals surface area contributed by atoms with Gasteiger partial charge in [-0.2, -0.15) is 5.46 Å². The first-order chi connectivity index (χ1) is 20.3. The molecular formula is C24H2BF20-. The lowest BCUT2D eigenvalue weighted by molar-refractivity contribution is 0.379. The first-order valence-corrected chi connectivity index (χ1v) is 10.8. The largest absolute Gasteiger partial charge is 0.269 e. The summed E-state index contributed by atoms with van der Waals surface area (Å²) >= 11 is 0. The van der Waals surface area contributed by atoms with Crippen LogP contribution in [0.4, 0.5) is 88.1 Å². The second-order valence-corrected chi connectivity index (χ2v) is 8.71. The molecule has 0 amide bonds. The van der Waals surface area contributed by atoms with Crippen LogP contribution in [0.25, 0.3) is 0 Å². The summed E-state index contributed by atoms with van der Waals surface area (Å²) in [7, 11) is 0. The first kappa shape index (κ1) is 35.0. The molecule has 4 aromatic carbocycles. The Morgan fingerprint density at radius 2 is 0.467 bits per heavy atom. The van der Waals surface area contributed by atoms with Gasteiger partial charge < -0.3 is 0 Å². The zero-order valence-corrected chi connectivity index (χ0v) is 20.2. The highest BCUT2D eigenvalue weighted by Gasteiger charge is 2.50. The molecular weight excluding hydrogens is 679 g/mol. The molecule has 242 valence electrons. The summed E-state index contributed by atoms with van der Waals surface area (Å²) in [6.45, 7) is 0. The van der Waals surface area contributed by atoms with Crippen molar-refractivity contribution in [2.24, 2.45) is 0 Å². The third-order valence-corrected chi connectivity index (χ3v) is 6.63. The molecule has 0 nitrogen and oxygen atoms in total. The van der Waals surface area contributed by atoms with Gasteiger partial charge in [0.1, 0.15) is 46.9 Å². The van der Waals surface area contributed by atoms with Crippen molar-refractivity contribution >= 4 is 28.0 Å². The molecule has 0 bridgehead atoms. The SMILES string of the molecule is F.Fc1cc([B-](c2c(F)c(F)c(F)c(F)c2F)(c2c(F)c(F)c(F)c(F)c2F)c2c(F)c(F)c(F)c(F)c2F)c(F)c(F)c1F. The molecule has 0 radical (unpaired) electrons. The van der Waals surface area contributed by atoms with E-state index in [0.717, 1.165) is 0 Å². The predicted octanol–water partition coefficient (Wildman–Crippen LogP) is 5.86. The third-order valence-electron chi connectivity index (χ3n) is 6.63. The summed E-state index contributed by atoms with van der Waals surface area (Å²) in [5, 5.41) is 0. The first-order valence-electron chi connectivity index (χ1n) is 10.8. The van der Waals surface area contributed by atoms with E-state index in [1.807, 2.05) is 0 Å². The van der Waals surface area contributed by atoms with Crippen molar-refractivity contribution < 1.29 is 88.1 Å². The van der Waals surface area contributed by atoms with Crippen molar-refractivity contribution in [3.05, 3.63) is 117 Å². The van der Waals surface area contributed by atoms with Crippen molar-refractivity contribution in [2.45, 2.75) is 0 Å². The van der Waals surface area contributed by atoms with Gasteiger partial charge in [-0.25, -0.2) is 83.4 Å². The van der Waals surface area contributed by atoms with Gasteiger partial charge in [-0.3, -0.25) is 4.70 Å². The van der Waals surface area contributed by atoms with Crippen LogP contribution in [0.2, 0.25) is 0 Å². The van der Waals surface area contributed by atoms with E-state index in [-0.39, 0.29) is 4.70 Å². The maximum atomic E-state index is 15.4. The van der Waals surface area contributed by atoms with Gasteiger partial charge in [0.2, 0.25) is 0 Å². The normalized spacial score (nSPS) is 11.7. The molecule has 45 heavy (non-hydrogen) atoms. The minimum absolute atomic E-state index is 0. The maximum absolute atomic E-state index is 15.4. The van der Waals surface area contributed by atoms with Crippen molar-refractivity contribution in [3.63, 3.8) is 0 Å². The minimum atomic E-state index is -6.82. The fourth-order valence-corrected chi connectivity index (χ4v) is 4.81. The quantitative estimate of drug-likeness (QED) is 0.110. The number of rotatable bonds is 4. The highest BCUT2D eigenvalue weighted by molar-refractivity contribution is 7.20. The van der Waals surface area contributed by atoms with E-state index in [2.05, 4.69) is 0 Å². The summed E-state index contributed by atoms with van der Waals surface area (Å²) in [6.07, 6.45) is -6.82. The Morgan fingerprint density at radius 1 is 0.267 bits per heavy atom. The number of halogens is 20. The van der Waals surface area contributed by atoms with Crippen LogP contribution in [-0.2, 0) is 0 Å². The maximum Gasteiger partial charge on any atom is 0.200 e. The molecule has 0 aliphatic carbocycles. The van der Waals surface area contributed by atoms with Gasteiger partial charge in [0.25, 0.3) is 0 Å². The van der Waals surface area contributed by atoms with Crippen LogP contribution >= 0.6 is 0 Å². The lowest BCUT2D eigenvalue weighted by Gasteiger charge is -2.44. The zero-order chi connectivity index (χ0) is 33.5. The van der Waals surface area contributed by atoms with Gasteiger partial charge in [0.05, 0.1) is 0 Å². The Hall–Kier alpha value is -4.46. The highest BCUT2D eigenvalue weighted by Crippen LogP contribution is 2.29. The molecule has 21 heteroatoms. The standard InChI is InChI=1S/C24HBF19.FH/c26-3-1-2(7(27)15(35)8(3)28)25(4-9(29)16(36)22(42)17(37)10(4)30,5-11(31)18(38)23(43)19(39)12(5)32)6-13(33)20(40)24(44)21(41)14(6)34;/h1H;1H/q-1;. The molecule has 4 rings (SSSR count). The van der Waals surface area contributed by atoms with Gasteiger partial charge in [-0.1, -0.05) is 6.07 Å². The molecule has 0 heterocycles. The Labute approximate surface area is 233 Å². The molecule has 0 aliphatic rings. The Morgan fingerprint density at radius 3 is 0.711 bits per heavy atom. The van der Waals surface area contributed by atoms with E-state index in [4.69, 9.17) is 0 Å². The summed E-state index contributed by atoms with van der Waals surface area (Å²) < 4.78 is 278. The summed E-state index contributed by atoms with van der Waals surface area (Å²) in [5.41, 5.74) is -13.0. The third kappa shape index (κ3) is 4.48. The van der Waals surface area contributed by atoms with Crippen LogP contribution < -0.4 is 21.9 Å². The Kier molecular flexibility index (Phi) is 8.93. The van der Waals surface area contributed by atoms with Crippen molar-refractivity contribution in [1.82, 2.24) is 0 Å². The molecule has 0 aromatic heterocycles. The fourth-order valence-electron chi connectivity index (χ4n) is 4.81. The van der Waals surface area contributed by atoms with Crippen molar-refractivity contribution in [1.29, 1.82) is 0 Å². The Balaban J connectivity index is 0.00000552. The minimum Gasteiger partial charge on any atom is -0.269 e. The van der Waals surface area contributed by atoms with Gasteiger partial charge in [-0.05, 0) is 0 Å². The molecule has 0 aliphatic heterocycles. The monoisotopic (exact) mass is 681 g/mol. The number of hydrogen-bond acceptors (Lipinski definition) is 0. The van der Waals surface area contributed by atoms with Crippen LogP contribution in [-0.4, -0.2) is 6.15 Å². The predicted molar refractivity (Wildman–Crippen MR) is 112 cm³/mol. The topological polar surface area (TPSA) is 0 Å². The number of benzene rings is 4. The van der Waals surface area contributed by atoms with Gasteiger partial charge >= 0.3 is 0 Å². The van der Waals surface area contributed by atoms with E-state index >= 15 is 30.7 Å². The fraction of sp³-hybridized carbons (Fsp3) is 0. The summed E-state index contributed by atoms with van der Waals surface area (Å²) in [5.74, 6) is -64.1. The second kappa shape index (κ2) is 11.5. The van der Waals surface area contributed by atoms with Crippen LogP contribution in [0.3, 0.4) is 0 Å². The Bertz CT molecular complexity index is 1660. The second-order valence-electron chi connectivity index (χ2n) is 8.71. The van der Waals surface area contributed by atoms with Gasteiger partial charge in [0.15, 0.2) is 69.8 Å². The van der Waals surface area contributed by atoms with E-state index in [1.165, 1.54) is 0 Å². The van der Waals surface area contributed by atoms with Crippen LogP contribution in [0.5, 0.6) is 0 Å². The van der Waals surface area contributed by atoms with Crippen molar-refractivity contribution in [3.8, 4) is 0 Å². The summed E-state index contributed by atoms with van der Waals surface area (Å²) in [6, 6.07) is -1.08. The van der Waals surface area contributed by atoms with E-state index in [9.17, 15) is 52.7 Å². The molecule has 0 fully saturated rings. The molecule has 4 aromatic rings. The molecule has 0 spiro atoms. The molecule has 0 saturated carbocycles. The molecule has 0 unspecified atom stereocenters. The smallest absolute Gasteiger partial charge is 0.200 e. The van der Waals surface area contributed by atoms with Crippen LogP contribution in [0, 0.1) is 111 Å². The zero-order valence-electron chi connectivity index (χ0n) is 20.2. The van der Waals surface area contributed by atoms with Crippen LogP contribution in [0.1, 0.15) is 0 Å².